The number of benzene rings is 2. The molecule has 0 aliphatic heterocycles. The van der Waals surface area contributed by atoms with Crippen LogP contribution in [0.2, 0.25) is 0 Å². The Morgan fingerprint density at radius 1 is 0.944 bits per heavy atom. The molecule has 1 heteroatoms. The molecule has 0 aromatic heterocycles. The van der Waals surface area contributed by atoms with Gasteiger partial charge >= 0.3 is 0 Å². The highest BCUT2D eigenvalue weighted by Crippen LogP contribution is 2.30. The summed E-state index contributed by atoms with van der Waals surface area (Å²) in [5.41, 5.74) is 4.85. The van der Waals surface area contributed by atoms with Gasteiger partial charge in [0.2, 0.25) is 0 Å². The number of aliphatic hydroxyl groups is 1. The topological polar surface area (TPSA) is 20.2 Å². The average molecular weight is 240 g/mol. The molecule has 18 heavy (non-hydrogen) atoms. The molecule has 0 amide bonds. The third-order valence-corrected chi connectivity index (χ3v) is 3.41. The van der Waals surface area contributed by atoms with Crippen molar-refractivity contribution in [3.63, 3.8) is 0 Å². The normalized spacial score (nSPS) is 14.2. The summed E-state index contributed by atoms with van der Waals surface area (Å²) in [4.78, 5) is 0. The van der Waals surface area contributed by atoms with Gasteiger partial charge in [-0.25, -0.2) is 0 Å². The van der Waals surface area contributed by atoms with Gasteiger partial charge in [-0.3, -0.25) is 0 Å². The van der Waals surface area contributed by atoms with Gasteiger partial charge in [-0.15, -0.1) is 0 Å². The van der Waals surface area contributed by atoms with Crippen LogP contribution in [0.25, 0.3) is 0 Å². The van der Waals surface area contributed by atoms with E-state index in [-0.39, 0.29) is 5.92 Å². The lowest BCUT2D eigenvalue weighted by molar-refractivity contribution is 0.176. The molecule has 0 aliphatic carbocycles. The lowest BCUT2D eigenvalue weighted by Gasteiger charge is -2.23. The van der Waals surface area contributed by atoms with Gasteiger partial charge in [0.1, 0.15) is 0 Å². The standard InChI is InChI=1S/C17H20O/c1-12-9-10-13(2)16(11-12)17(14(3)18)15-7-5-4-6-8-15/h4-11,14,17-18H,1-3H3. The number of rotatable bonds is 3. The zero-order valence-corrected chi connectivity index (χ0v) is 11.2. The van der Waals surface area contributed by atoms with Crippen molar-refractivity contribution in [1.29, 1.82) is 0 Å². The van der Waals surface area contributed by atoms with Crippen molar-refractivity contribution in [3.05, 3.63) is 70.8 Å². The Hall–Kier alpha value is -1.60. The Morgan fingerprint density at radius 2 is 1.61 bits per heavy atom. The van der Waals surface area contributed by atoms with Gasteiger partial charge in [-0.2, -0.15) is 0 Å². The number of aryl methyl sites for hydroxylation is 2. The van der Waals surface area contributed by atoms with Crippen LogP contribution >= 0.6 is 0 Å². The predicted molar refractivity (Wildman–Crippen MR) is 75.9 cm³/mol. The molecule has 0 fully saturated rings. The molecule has 0 radical (unpaired) electrons. The van der Waals surface area contributed by atoms with Crippen LogP contribution in [0, 0.1) is 13.8 Å². The highest BCUT2D eigenvalue weighted by atomic mass is 16.3. The number of aliphatic hydroxyl groups excluding tert-OH is 1. The molecule has 1 N–H and O–H groups in total. The smallest absolute Gasteiger partial charge is 0.0621 e. The van der Waals surface area contributed by atoms with E-state index in [2.05, 4.69) is 44.2 Å². The molecule has 2 unspecified atom stereocenters. The fraction of sp³-hybridized carbons (Fsp3) is 0.294. The Labute approximate surface area is 109 Å². The molecule has 0 aliphatic rings. The molecule has 2 aromatic rings. The molecule has 0 saturated heterocycles. The van der Waals surface area contributed by atoms with E-state index in [1.807, 2.05) is 25.1 Å². The minimum absolute atomic E-state index is 0.0473. The third kappa shape index (κ3) is 2.62. The van der Waals surface area contributed by atoms with Crippen molar-refractivity contribution < 1.29 is 5.11 Å². The summed E-state index contributed by atoms with van der Waals surface area (Å²) in [7, 11) is 0. The second-order valence-corrected chi connectivity index (χ2v) is 4.99. The summed E-state index contributed by atoms with van der Waals surface area (Å²) >= 11 is 0. The van der Waals surface area contributed by atoms with E-state index >= 15 is 0 Å². The first-order chi connectivity index (χ1) is 8.59. The zero-order valence-electron chi connectivity index (χ0n) is 11.2. The highest BCUT2D eigenvalue weighted by Gasteiger charge is 2.21. The van der Waals surface area contributed by atoms with Crippen LogP contribution in [-0.4, -0.2) is 11.2 Å². The average Bonchev–Trinajstić information content (AvgIpc) is 2.35. The maximum Gasteiger partial charge on any atom is 0.0621 e. The molecule has 94 valence electrons. The van der Waals surface area contributed by atoms with Crippen LogP contribution in [0.15, 0.2) is 48.5 Å². The predicted octanol–water partition coefficient (Wildman–Crippen LogP) is 3.82. The number of hydrogen-bond acceptors (Lipinski definition) is 1. The molecule has 2 atom stereocenters. The molecule has 0 heterocycles. The van der Waals surface area contributed by atoms with Crippen molar-refractivity contribution in [2.24, 2.45) is 0 Å². The molecule has 2 rings (SSSR count). The van der Waals surface area contributed by atoms with Crippen LogP contribution in [0.4, 0.5) is 0 Å². The lowest BCUT2D eigenvalue weighted by atomic mass is 9.84. The van der Waals surface area contributed by atoms with Gasteiger partial charge < -0.3 is 5.11 Å². The number of hydrogen-bond donors (Lipinski definition) is 1. The van der Waals surface area contributed by atoms with Crippen LogP contribution in [0.3, 0.4) is 0 Å². The molecule has 0 spiro atoms. The van der Waals surface area contributed by atoms with Crippen LogP contribution in [-0.2, 0) is 0 Å². The Balaban J connectivity index is 2.52. The summed E-state index contributed by atoms with van der Waals surface area (Å²) in [5, 5.41) is 10.1. The van der Waals surface area contributed by atoms with Crippen molar-refractivity contribution in [2.75, 3.05) is 0 Å². The Morgan fingerprint density at radius 3 is 2.22 bits per heavy atom. The maximum absolute atomic E-state index is 10.1. The van der Waals surface area contributed by atoms with Gasteiger partial charge in [0.25, 0.3) is 0 Å². The summed E-state index contributed by atoms with van der Waals surface area (Å²) in [5.74, 6) is 0.0473. The summed E-state index contributed by atoms with van der Waals surface area (Å²) in [6, 6.07) is 16.6. The maximum atomic E-state index is 10.1. The second-order valence-electron chi connectivity index (χ2n) is 4.99. The van der Waals surface area contributed by atoms with Crippen molar-refractivity contribution in [1.82, 2.24) is 0 Å². The van der Waals surface area contributed by atoms with E-state index in [1.54, 1.807) is 0 Å². The SMILES string of the molecule is Cc1ccc(C)c(C(c2ccccc2)C(C)O)c1. The van der Waals surface area contributed by atoms with Crippen LogP contribution < -0.4 is 0 Å². The first kappa shape index (κ1) is 12.8. The fourth-order valence-electron chi connectivity index (χ4n) is 2.47. The minimum Gasteiger partial charge on any atom is -0.392 e. The van der Waals surface area contributed by atoms with Crippen molar-refractivity contribution in [3.8, 4) is 0 Å². The quantitative estimate of drug-likeness (QED) is 0.864. The van der Waals surface area contributed by atoms with Gasteiger partial charge in [0.05, 0.1) is 6.10 Å². The van der Waals surface area contributed by atoms with E-state index in [1.165, 1.54) is 22.3 Å². The lowest BCUT2D eigenvalue weighted by Crippen LogP contribution is -2.17. The largest absolute Gasteiger partial charge is 0.392 e. The highest BCUT2D eigenvalue weighted by molar-refractivity contribution is 5.40. The van der Waals surface area contributed by atoms with Crippen LogP contribution in [0.1, 0.15) is 35.1 Å². The third-order valence-electron chi connectivity index (χ3n) is 3.41. The van der Waals surface area contributed by atoms with E-state index < -0.39 is 6.10 Å². The monoisotopic (exact) mass is 240 g/mol. The minimum atomic E-state index is -0.395. The first-order valence-corrected chi connectivity index (χ1v) is 6.39. The Kier molecular flexibility index (Phi) is 3.83. The van der Waals surface area contributed by atoms with E-state index in [9.17, 15) is 5.11 Å². The van der Waals surface area contributed by atoms with Gasteiger partial charge in [0.15, 0.2) is 0 Å². The molecule has 1 nitrogen and oxygen atoms in total. The second kappa shape index (κ2) is 5.36. The summed E-state index contributed by atoms with van der Waals surface area (Å²) < 4.78 is 0. The zero-order chi connectivity index (χ0) is 13.1. The first-order valence-electron chi connectivity index (χ1n) is 6.39. The van der Waals surface area contributed by atoms with Crippen LogP contribution in [0.5, 0.6) is 0 Å². The molecule has 0 bridgehead atoms. The van der Waals surface area contributed by atoms with Gasteiger partial charge in [-0.05, 0) is 37.5 Å². The summed E-state index contributed by atoms with van der Waals surface area (Å²) in [6.45, 7) is 6.06. The molecule has 2 aromatic carbocycles. The van der Waals surface area contributed by atoms with Gasteiger partial charge in [0, 0.05) is 5.92 Å². The van der Waals surface area contributed by atoms with E-state index in [0.29, 0.717) is 0 Å². The van der Waals surface area contributed by atoms with E-state index in [0.717, 1.165) is 0 Å². The van der Waals surface area contributed by atoms with Crippen molar-refractivity contribution >= 4 is 0 Å². The van der Waals surface area contributed by atoms with Gasteiger partial charge in [-0.1, -0.05) is 54.1 Å². The molecule has 0 saturated carbocycles. The fourth-order valence-corrected chi connectivity index (χ4v) is 2.47. The van der Waals surface area contributed by atoms with Crippen molar-refractivity contribution in [2.45, 2.75) is 32.8 Å². The summed E-state index contributed by atoms with van der Waals surface area (Å²) in [6.07, 6.45) is -0.395. The van der Waals surface area contributed by atoms with E-state index in [4.69, 9.17) is 0 Å². The molecular weight excluding hydrogens is 220 g/mol. The Bertz CT molecular complexity index is 514. The molecular formula is C17H20O.